The van der Waals surface area contributed by atoms with E-state index in [1.165, 1.54) is 61.0 Å². The summed E-state index contributed by atoms with van der Waals surface area (Å²) in [6.45, 7) is 0. The van der Waals surface area contributed by atoms with E-state index in [9.17, 15) is 0 Å². The van der Waals surface area contributed by atoms with Gasteiger partial charge >= 0.3 is 0 Å². The van der Waals surface area contributed by atoms with E-state index < -0.39 is 5.41 Å². The lowest BCUT2D eigenvalue weighted by molar-refractivity contribution is 0.669. The standard InChI is InChI=1S/C43H26O/c1-3-13-27(14-4-1)29-23-24-32-37(25-29)43(35-20-10-7-17-30(35)31-18-8-11-21-36(31)43)38-26-34(28-15-5-2-6-16-28)42-41(40(32)38)33-19-9-12-22-39(33)44-42/h1-26H. The van der Waals surface area contributed by atoms with Crippen LogP contribution in [0.4, 0.5) is 0 Å². The van der Waals surface area contributed by atoms with Gasteiger partial charge in [-0.3, -0.25) is 0 Å². The van der Waals surface area contributed by atoms with Crippen LogP contribution in [0, 0.1) is 0 Å². The fraction of sp³-hybridized carbons (Fsp3) is 0.0233. The second-order valence-electron chi connectivity index (χ2n) is 12.0. The molecule has 8 aromatic rings. The maximum atomic E-state index is 6.76. The van der Waals surface area contributed by atoms with Crippen LogP contribution in [0.15, 0.2) is 162 Å². The molecule has 0 unspecified atom stereocenters. The van der Waals surface area contributed by atoms with Gasteiger partial charge in [-0.1, -0.05) is 140 Å². The minimum absolute atomic E-state index is 0.460. The number of para-hydroxylation sites is 1. The lowest BCUT2D eigenvalue weighted by Crippen LogP contribution is -2.26. The summed E-state index contributed by atoms with van der Waals surface area (Å²) in [5.74, 6) is 0. The predicted octanol–water partition coefficient (Wildman–Crippen LogP) is 11.3. The Morgan fingerprint density at radius 3 is 1.73 bits per heavy atom. The molecule has 1 heterocycles. The first kappa shape index (κ1) is 23.9. The Morgan fingerprint density at radius 1 is 0.386 bits per heavy atom. The first-order valence-electron chi connectivity index (χ1n) is 15.3. The number of benzene rings is 7. The highest BCUT2D eigenvalue weighted by atomic mass is 16.3. The molecule has 204 valence electrons. The summed E-state index contributed by atoms with van der Waals surface area (Å²) in [7, 11) is 0. The van der Waals surface area contributed by atoms with Gasteiger partial charge in [-0.2, -0.15) is 0 Å². The first-order valence-corrected chi connectivity index (χ1v) is 15.3. The molecular weight excluding hydrogens is 532 g/mol. The number of rotatable bonds is 2. The van der Waals surface area contributed by atoms with Crippen LogP contribution in [0.3, 0.4) is 0 Å². The van der Waals surface area contributed by atoms with Crippen molar-refractivity contribution in [3.05, 3.63) is 180 Å². The second-order valence-corrected chi connectivity index (χ2v) is 12.0. The van der Waals surface area contributed by atoms with Crippen LogP contribution in [0.2, 0.25) is 0 Å². The van der Waals surface area contributed by atoms with Gasteiger partial charge in [-0.15, -0.1) is 0 Å². The molecule has 0 saturated heterocycles. The average molecular weight is 559 g/mol. The molecule has 7 aromatic carbocycles. The van der Waals surface area contributed by atoms with Crippen LogP contribution in [0.1, 0.15) is 22.3 Å². The zero-order valence-corrected chi connectivity index (χ0v) is 23.9. The van der Waals surface area contributed by atoms with Gasteiger partial charge in [0, 0.05) is 16.3 Å². The Bertz CT molecular complexity index is 2380. The summed E-state index contributed by atoms with van der Waals surface area (Å²) in [5.41, 5.74) is 16.7. The third-order valence-corrected chi connectivity index (χ3v) is 9.89. The third kappa shape index (κ3) is 2.94. The number of hydrogen-bond acceptors (Lipinski definition) is 1. The summed E-state index contributed by atoms with van der Waals surface area (Å²) in [6.07, 6.45) is 0. The minimum Gasteiger partial charge on any atom is -0.455 e. The molecule has 0 amide bonds. The molecule has 0 atom stereocenters. The molecule has 0 saturated carbocycles. The fourth-order valence-corrected chi connectivity index (χ4v) is 8.15. The van der Waals surface area contributed by atoms with Crippen LogP contribution in [0.25, 0.3) is 66.4 Å². The van der Waals surface area contributed by atoms with E-state index in [1.807, 2.05) is 0 Å². The van der Waals surface area contributed by atoms with Gasteiger partial charge < -0.3 is 4.42 Å². The van der Waals surface area contributed by atoms with Gasteiger partial charge in [-0.05, 0) is 79.4 Å². The predicted molar refractivity (Wildman–Crippen MR) is 181 cm³/mol. The Kier molecular flexibility index (Phi) is 4.71. The Balaban J connectivity index is 1.44. The van der Waals surface area contributed by atoms with Crippen molar-refractivity contribution in [2.75, 3.05) is 0 Å². The molecule has 1 spiro atoms. The summed E-state index contributed by atoms with van der Waals surface area (Å²) in [4.78, 5) is 0. The van der Waals surface area contributed by atoms with Gasteiger partial charge in [0.05, 0.1) is 5.41 Å². The first-order chi connectivity index (χ1) is 21.8. The van der Waals surface area contributed by atoms with Gasteiger partial charge in [0.1, 0.15) is 11.2 Å². The second kappa shape index (κ2) is 8.69. The molecule has 10 rings (SSSR count). The highest BCUT2D eigenvalue weighted by Gasteiger charge is 2.52. The van der Waals surface area contributed by atoms with Gasteiger partial charge in [0.25, 0.3) is 0 Å². The highest BCUT2D eigenvalue weighted by Crippen LogP contribution is 2.65. The monoisotopic (exact) mass is 558 g/mol. The van der Waals surface area contributed by atoms with E-state index in [-0.39, 0.29) is 0 Å². The Labute approximate surface area is 255 Å². The molecule has 0 bridgehead atoms. The topological polar surface area (TPSA) is 13.1 Å². The highest BCUT2D eigenvalue weighted by molar-refractivity contribution is 6.19. The molecule has 0 N–H and O–H groups in total. The summed E-state index contributed by atoms with van der Waals surface area (Å²) >= 11 is 0. The zero-order valence-electron chi connectivity index (χ0n) is 23.9. The Morgan fingerprint density at radius 2 is 1.00 bits per heavy atom. The normalized spacial score (nSPS) is 13.6. The molecular formula is C43H26O. The molecule has 1 nitrogen and oxygen atoms in total. The van der Waals surface area contributed by atoms with Crippen molar-refractivity contribution in [3.8, 4) is 44.5 Å². The molecule has 0 fully saturated rings. The van der Waals surface area contributed by atoms with Crippen molar-refractivity contribution in [3.63, 3.8) is 0 Å². The van der Waals surface area contributed by atoms with Crippen molar-refractivity contribution in [1.29, 1.82) is 0 Å². The van der Waals surface area contributed by atoms with Crippen molar-refractivity contribution in [2.45, 2.75) is 5.41 Å². The quantitative estimate of drug-likeness (QED) is 0.206. The van der Waals surface area contributed by atoms with Crippen LogP contribution < -0.4 is 0 Å². The lowest BCUT2D eigenvalue weighted by atomic mass is 9.69. The maximum absolute atomic E-state index is 6.76. The van der Waals surface area contributed by atoms with Crippen molar-refractivity contribution >= 4 is 21.9 Å². The number of fused-ring (bicyclic) bond motifs is 14. The minimum atomic E-state index is -0.460. The van der Waals surface area contributed by atoms with Gasteiger partial charge in [-0.25, -0.2) is 0 Å². The summed E-state index contributed by atoms with van der Waals surface area (Å²) in [6, 6.07) is 57.6. The van der Waals surface area contributed by atoms with Crippen LogP contribution >= 0.6 is 0 Å². The SMILES string of the molecule is c1ccc(-c2ccc3c(c2)C2(c4ccccc4-c4ccccc42)c2cc(-c4ccccc4)c4oc5ccccc5c4c2-3)cc1. The Hall–Kier alpha value is -5.66. The van der Waals surface area contributed by atoms with E-state index in [1.54, 1.807) is 0 Å². The van der Waals surface area contributed by atoms with Crippen molar-refractivity contribution < 1.29 is 4.42 Å². The van der Waals surface area contributed by atoms with Crippen LogP contribution in [-0.4, -0.2) is 0 Å². The molecule has 0 radical (unpaired) electrons. The fourth-order valence-electron chi connectivity index (χ4n) is 8.15. The van der Waals surface area contributed by atoms with Crippen molar-refractivity contribution in [2.24, 2.45) is 0 Å². The maximum Gasteiger partial charge on any atom is 0.143 e. The van der Waals surface area contributed by atoms with E-state index >= 15 is 0 Å². The van der Waals surface area contributed by atoms with Gasteiger partial charge in [0.15, 0.2) is 0 Å². The lowest BCUT2D eigenvalue weighted by Gasteiger charge is -2.31. The molecule has 2 aliphatic rings. The molecule has 44 heavy (non-hydrogen) atoms. The zero-order chi connectivity index (χ0) is 28.8. The molecule has 1 aromatic heterocycles. The summed E-state index contributed by atoms with van der Waals surface area (Å²) < 4.78 is 6.76. The molecule has 0 aliphatic heterocycles. The third-order valence-electron chi connectivity index (χ3n) is 9.89. The average Bonchev–Trinajstić information content (AvgIpc) is 3.72. The van der Waals surface area contributed by atoms with E-state index in [0.717, 1.165) is 27.7 Å². The number of hydrogen-bond donors (Lipinski definition) is 0. The molecule has 1 heteroatoms. The molecule has 2 aliphatic carbocycles. The van der Waals surface area contributed by atoms with E-state index in [2.05, 4.69) is 158 Å². The van der Waals surface area contributed by atoms with Crippen LogP contribution in [0.5, 0.6) is 0 Å². The summed E-state index contributed by atoms with van der Waals surface area (Å²) in [5, 5.41) is 2.36. The van der Waals surface area contributed by atoms with Crippen LogP contribution in [-0.2, 0) is 5.41 Å². The number of furan rings is 1. The van der Waals surface area contributed by atoms with E-state index in [4.69, 9.17) is 4.42 Å². The van der Waals surface area contributed by atoms with E-state index in [0.29, 0.717) is 0 Å². The van der Waals surface area contributed by atoms with Gasteiger partial charge in [0.2, 0.25) is 0 Å². The largest absolute Gasteiger partial charge is 0.455 e. The van der Waals surface area contributed by atoms with Crippen molar-refractivity contribution in [1.82, 2.24) is 0 Å². The smallest absolute Gasteiger partial charge is 0.143 e.